The Balaban J connectivity index is 1.64. The molecule has 5 nitrogen and oxygen atoms in total. The third-order valence-electron chi connectivity index (χ3n) is 3.57. The Kier molecular flexibility index (Phi) is 4.66. The van der Waals surface area contributed by atoms with E-state index in [2.05, 4.69) is 14.9 Å². The molecule has 0 spiro atoms. The molecule has 0 aliphatic carbocycles. The number of benzene rings is 1. The maximum atomic E-state index is 6.11. The molecule has 22 heavy (non-hydrogen) atoms. The van der Waals surface area contributed by atoms with Crippen molar-refractivity contribution in [2.75, 3.05) is 18.0 Å². The van der Waals surface area contributed by atoms with E-state index in [1.54, 1.807) is 30.6 Å². The Morgan fingerprint density at radius 1 is 1.23 bits per heavy atom. The van der Waals surface area contributed by atoms with Crippen molar-refractivity contribution in [3.63, 3.8) is 0 Å². The molecular weight excluding hydrogens is 323 g/mol. The number of nitrogens with two attached hydrogens (primary N) is 1. The second-order valence-electron chi connectivity index (χ2n) is 5.20. The van der Waals surface area contributed by atoms with Gasteiger partial charge in [-0.15, -0.1) is 0 Å². The second-order valence-corrected chi connectivity index (χ2v) is 6.02. The Hall–Kier alpha value is -1.56. The fourth-order valence-corrected chi connectivity index (χ4v) is 2.85. The van der Waals surface area contributed by atoms with Crippen molar-refractivity contribution < 1.29 is 4.74 Å². The Morgan fingerprint density at radius 3 is 2.50 bits per heavy atom. The van der Waals surface area contributed by atoms with Gasteiger partial charge in [-0.3, -0.25) is 0 Å². The number of anilines is 1. The van der Waals surface area contributed by atoms with E-state index in [4.69, 9.17) is 33.7 Å². The molecular formula is C15H16Cl2N4O. The summed E-state index contributed by atoms with van der Waals surface area (Å²) in [6, 6.07) is 5.55. The van der Waals surface area contributed by atoms with Crippen LogP contribution in [-0.2, 0) is 6.61 Å². The first-order chi connectivity index (χ1) is 10.6. The van der Waals surface area contributed by atoms with Gasteiger partial charge in [0, 0.05) is 34.7 Å². The zero-order valence-corrected chi connectivity index (χ0v) is 13.4. The summed E-state index contributed by atoms with van der Waals surface area (Å²) < 4.78 is 5.66. The van der Waals surface area contributed by atoms with Gasteiger partial charge in [0.25, 0.3) is 0 Å². The highest BCUT2D eigenvalue weighted by Gasteiger charge is 2.21. The zero-order valence-electron chi connectivity index (χ0n) is 11.9. The predicted molar refractivity (Wildman–Crippen MR) is 87.6 cm³/mol. The van der Waals surface area contributed by atoms with Crippen LogP contribution in [0.5, 0.6) is 5.75 Å². The van der Waals surface area contributed by atoms with Crippen LogP contribution in [0.2, 0.25) is 10.0 Å². The molecule has 2 heterocycles. The summed E-state index contributed by atoms with van der Waals surface area (Å²) in [6.45, 7) is 1.95. The highest BCUT2D eigenvalue weighted by Crippen LogP contribution is 2.26. The molecule has 1 aromatic heterocycles. The average Bonchev–Trinajstić information content (AvgIpc) is 2.94. The lowest BCUT2D eigenvalue weighted by atomic mass is 10.2. The minimum Gasteiger partial charge on any atom is -0.486 e. The number of aromatic nitrogens is 2. The van der Waals surface area contributed by atoms with Crippen molar-refractivity contribution in [1.29, 1.82) is 0 Å². The summed E-state index contributed by atoms with van der Waals surface area (Å²) in [5.41, 5.74) is 6.64. The van der Waals surface area contributed by atoms with E-state index < -0.39 is 0 Å². The maximum absolute atomic E-state index is 6.11. The summed E-state index contributed by atoms with van der Waals surface area (Å²) in [6.07, 6.45) is 4.26. The van der Waals surface area contributed by atoms with Gasteiger partial charge in [0.05, 0.1) is 12.4 Å². The fourth-order valence-electron chi connectivity index (χ4n) is 2.34. The maximum Gasteiger partial charge on any atom is 0.225 e. The number of rotatable bonds is 4. The van der Waals surface area contributed by atoms with Crippen LogP contribution in [0.15, 0.2) is 30.6 Å². The summed E-state index contributed by atoms with van der Waals surface area (Å²) in [4.78, 5) is 10.7. The van der Waals surface area contributed by atoms with Crippen molar-refractivity contribution in [3.8, 4) is 5.75 Å². The molecule has 1 atom stereocenters. The van der Waals surface area contributed by atoms with Crippen LogP contribution >= 0.6 is 23.2 Å². The Bertz CT molecular complexity index is 630. The van der Waals surface area contributed by atoms with Crippen LogP contribution in [0.4, 0.5) is 5.95 Å². The summed E-state index contributed by atoms with van der Waals surface area (Å²) >= 11 is 12.2. The molecule has 0 radical (unpaired) electrons. The predicted octanol–water partition coefficient (Wildman–Crippen LogP) is 2.90. The number of hydrogen-bond acceptors (Lipinski definition) is 5. The molecule has 3 rings (SSSR count). The summed E-state index contributed by atoms with van der Waals surface area (Å²) in [5, 5.41) is 1.16. The van der Waals surface area contributed by atoms with E-state index in [0.717, 1.165) is 25.1 Å². The van der Waals surface area contributed by atoms with Crippen molar-refractivity contribution in [1.82, 2.24) is 9.97 Å². The largest absolute Gasteiger partial charge is 0.486 e. The van der Waals surface area contributed by atoms with Crippen LogP contribution in [0.3, 0.4) is 0 Å². The zero-order chi connectivity index (χ0) is 15.5. The third-order valence-corrected chi connectivity index (χ3v) is 4.28. The second kappa shape index (κ2) is 6.69. The van der Waals surface area contributed by atoms with Crippen molar-refractivity contribution in [2.24, 2.45) is 5.73 Å². The van der Waals surface area contributed by atoms with Crippen LogP contribution in [0.25, 0.3) is 0 Å². The molecule has 2 N–H and O–H groups in total. The quantitative estimate of drug-likeness (QED) is 0.928. The first-order valence-electron chi connectivity index (χ1n) is 7.02. The molecule has 1 saturated heterocycles. The van der Waals surface area contributed by atoms with E-state index in [9.17, 15) is 0 Å². The van der Waals surface area contributed by atoms with E-state index in [1.165, 1.54) is 0 Å². The van der Waals surface area contributed by atoms with E-state index in [1.807, 2.05) is 0 Å². The van der Waals surface area contributed by atoms with Gasteiger partial charge in [-0.25, -0.2) is 9.97 Å². The standard InChI is InChI=1S/C15H16Cl2N4O/c16-13-2-1-3-14(17)12(13)9-22-11-6-19-15(20-7-11)21-5-4-10(18)8-21/h1-3,6-7,10H,4-5,8-9,18H2/t10-/m1/s1. The van der Waals surface area contributed by atoms with Crippen LogP contribution < -0.4 is 15.4 Å². The smallest absolute Gasteiger partial charge is 0.225 e. The number of hydrogen-bond donors (Lipinski definition) is 1. The molecule has 0 bridgehead atoms. The summed E-state index contributed by atoms with van der Waals surface area (Å²) in [5.74, 6) is 1.25. The van der Waals surface area contributed by atoms with Gasteiger partial charge in [-0.2, -0.15) is 0 Å². The lowest BCUT2D eigenvalue weighted by Gasteiger charge is -2.15. The molecule has 1 aliphatic rings. The first kappa shape index (κ1) is 15.3. The van der Waals surface area contributed by atoms with Crippen molar-refractivity contribution in [2.45, 2.75) is 19.1 Å². The molecule has 1 aliphatic heterocycles. The fraction of sp³-hybridized carbons (Fsp3) is 0.333. The normalized spacial score (nSPS) is 17.8. The number of nitrogens with zero attached hydrogens (tertiary/aromatic N) is 3. The van der Waals surface area contributed by atoms with Crippen LogP contribution in [0, 0.1) is 0 Å². The lowest BCUT2D eigenvalue weighted by molar-refractivity contribution is 0.304. The molecule has 1 fully saturated rings. The molecule has 0 saturated carbocycles. The van der Waals surface area contributed by atoms with Crippen LogP contribution in [-0.4, -0.2) is 29.1 Å². The Morgan fingerprint density at radius 2 is 1.91 bits per heavy atom. The Labute approximate surface area is 139 Å². The van der Waals surface area contributed by atoms with Gasteiger partial charge in [0.15, 0.2) is 5.75 Å². The molecule has 0 amide bonds. The van der Waals surface area contributed by atoms with E-state index >= 15 is 0 Å². The lowest BCUT2D eigenvalue weighted by Crippen LogP contribution is -2.27. The highest BCUT2D eigenvalue weighted by molar-refractivity contribution is 6.35. The van der Waals surface area contributed by atoms with E-state index in [0.29, 0.717) is 21.7 Å². The van der Waals surface area contributed by atoms with Gasteiger partial charge < -0.3 is 15.4 Å². The van der Waals surface area contributed by atoms with Gasteiger partial charge in [-0.05, 0) is 18.6 Å². The topological polar surface area (TPSA) is 64.3 Å². The third kappa shape index (κ3) is 3.43. The average molecular weight is 339 g/mol. The summed E-state index contributed by atoms with van der Waals surface area (Å²) in [7, 11) is 0. The molecule has 116 valence electrons. The monoisotopic (exact) mass is 338 g/mol. The van der Waals surface area contributed by atoms with Gasteiger partial charge in [0.2, 0.25) is 5.95 Å². The minimum absolute atomic E-state index is 0.196. The first-order valence-corrected chi connectivity index (χ1v) is 7.77. The molecule has 2 aromatic rings. The SMILES string of the molecule is N[C@@H]1CCN(c2ncc(OCc3c(Cl)cccc3Cl)cn2)C1. The van der Waals surface area contributed by atoms with Gasteiger partial charge in [0.1, 0.15) is 6.61 Å². The van der Waals surface area contributed by atoms with Crippen LogP contribution in [0.1, 0.15) is 12.0 Å². The van der Waals surface area contributed by atoms with E-state index in [-0.39, 0.29) is 12.6 Å². The molecule has 0 unspecified atom stereocenters. The molecule has 1 aromatic carbocycles. The van der Waals surface area contributed by atoms with Gasteiger partial charge >= 0.3 is 0 Å². The number of ether oxygens (including phenoxy) is 1. The number of halogens is 2. The van der Waals surface area contributed by atoms with Gasteiger partial charge in [-0.1, -0.05) is 29.3 Å². The highest BCUT2D eigenvalue weighted by atomic mass is 35.5. The minimum atomic E-state index is 0.196. The van der Waals surface area contributed by atoms with Crippen molar-refractivity contribution >= 4 is 29.2 Å². The molecule has 7 heteroatoms. The van der Waals surface area contributed by atoms with Crippen molar-refractivity contribution in [3.05, 3.63) is 46.2 Å².